The SMILES string of the molecule is CC1(C)CS(=O)(=O)N=C(N)O1. The molecule has 1 rings (SSSR count). The van der Waals surface area contributed by atoms with Crippen molar-refractivity contribution in [1.82, 2.24) is 0 Å². The number of amidine groups is 1. The normalized spacial score (nSPS) is 26.9. The van der Waals surface area contributed by atoms with Crippen LogP contribution in [0.25, 0.3) is 0 Å². The van der Waals surface area contributed by atoms with Gasteiger partial charge in [-0.2, -0.15) is 0 Å². The molecule has 0 aliphatic carbocycles. The highest BCUT2D eigenvalue weighted by molar-refractivity contribution is 7.90. The molecule has 0 fully saturated rings. The van der Waals surface area contributed by atoms with Crippen LogP contribution < -0.4 is 5.73 Å². The first-order valence-electron chi connectivity index (χ1n) is 3.08. The van der Waals surface area contributed by atoms with Crippen LogP contribution in [-0.4, -0.2) is 25.8 Å². The van der Waals surface area contributed by atoms with E-state index in [9.17, 15) is 8.42 Å². The zero-order valence-electron chi connectivity index (χ0n) is 6.36. The van der Waals surface area contributed by atoms with Gasteiger partial charge in [-0.25, -0.2) is 8.42 Å². The van der Waals surface area contributed by atoms with Crippen molar-refractivity contribution in [3.05, 3.63) is 0 Å². The largest absolute Gasteiger partial charge is 0.458 e. The fraction of sp³-hybridized carbons (Fsp3) is 0.800. The minimum absolute atomic E-state index is 0.124. The van der Waals surface area contributed by atoms with Gasteiger partial charge in [-0.05, 0) is 13.8 Å². The summed E-state index contributed by atoms with van der Waals surface area (Å²) in [6, 6.07) is -0.277. The van der Waals surface area contributed by atoms with E-state index in [1.807, 2.05) is 0 Å². The summed E-state index contributed by atoms with van der Waals surface area (Å²) in [7, 11) is -3.40. The van der Waals surface area contributed by atoms with E-state index >= 15 is 0 Å². The lowest BCUT2D eigenvalue weighted by Gasteiger charge is -2.27. The van der Waals surface area contributed by atoms with E-state index in [2.05, 4.69) is 4.40 Å². The van der Waals surface area contributed by atoms with Crippen LogP contribution in [0.5, 0.6) is 0 Å². The van der Waals surface area contributed by atoms with E-state index in [-0.39, 0.29) is 11.8 Å². The Morgan fingerprint density at radius 2 is 2.18 bits per heavy atom. The third-order valence-electron chi connectivity index (χ3n) is 1.14. The van der Waals surface area contributed by atoms with Crippen LogP contribution in [0.3, 0.4) is 0 Å². The predicted octanol–water partition coefficient (Wildman–Crippen LogP) is -0.560. The van der Waals surface area contributed by atoms with Crippen molar-refractivity contribution in [3.63, 3.8) is 0 Å². The third kappa shape index (κ3) is 2.07. The van der Waals surface area contributed by atoms with E-state index in [4.69, 9.17) is 10.5 Å². The lowest BCUT2D eigenvalue weighted by molar-refractivity contribution is 0.113. The zero-order chi connectivity index (χ0) is 8.70. The molecule has 1 aliphatic heterocycles. The Hall–Kier alpha value is -0.780. The molecule has 1 aliphatic rings. The molecule has 0 aromatic heterocycles. The molecule has 0 unspecified atom stereocenters. The maximum atomic E-state index is 10.9. The van der Waals surface area contributed by atoms with Gasteiger partial charge in [0.1, 0.15) is 11.4 Å². The molecule has 0 aromatic carbocycles. The van der Waals surface area contributed by atoms with Crippen molar-refractivity contribution in [2.45, 2.75) is 19.4 Å². The molecule has 5 nitrogen and oxygen atoms in total. The topological polar surface area (TPSA) is 81.8 Å². The number of nitrogens with zero attached hydrogens (tertiary/aromatic N) is 1. The van der Waals surface area contributed by atoms with Gasteiger partial charge >= 0.3 is 0 Å². The van der Waals surface area contributed by atoms with Crippen LogP contribution in [0.1, 0.15) is 13.8 Å². The molecular weight excluding hydrogens is 168 g/mol. The lowest BCUT2D eigenvalue weighted by Crippen LogP contribution is -2.42. The summed E-state index contributed by atoms with van der Waals surface area (Å²) in [6.45, 7) is 3.29. The molecule has 0 amide bonds. The number of rotatable bonds is 0. The second-order valence-corrected chi connectivity index (χ2v) is 4.65. The molecule has 0 aromatic rings. The summed E-state index contributed by atoms with van der Waals surface area (Å²) in [5.74, 6) is -0.124. The minimum atomic E-state index is -3.40. The van der Waals surface area contributed by atoms with Gasteiger partial charge in [0.15, 0.2) is 0 Å². The summed E-state index contributed by atoms with van der Waals surface area (Å²) in [4.78, 5) is 0. The molecule has 0 atom stereocenters. The number of ether oxygens (including phenoxy) is 1. The molecule has 0 saturated carbocycles. The van der Waals surface area contributed by atoms with E-state index in [0.717, 1.165) is 0 Å². The number of hydrogen-bond acceptors (Lipinski definition) is 4. The second-order valence-electron chi connectivity index (χ2n) is 3.02. The summed E-state index contributed by atoms with van der Waals surface area (Å²) in [5.41, 5.74) is 4.38. The molecule has 0 spiro atoms. The average molecular weight is 178 g/mol. The van der Waals surface area contributed by atoms with Crippen molar-refractivity contribution in [2.75, 3.05) is 5.75 Å². The average Bonchev–Trinajstić information content (AvgIpc) is 1.49. The fourth-order valence-electron chi connectivity index (χ4n) is 0.940. The van der Waals surface area contributed by atoms with Gasteiger partial charge in [0.2, 0.25) is 0 Å². The van der Waals surface area contributed by atoms with Crippen molar-refractivity contribution < 1.29 is 13.2 Å². The Balaban J connectivity index is 3.05. The zero-order valence-corrected chi connectivity index (χ0v) is 7.18. The smallest absolute Gasteiger partial charge is 0.298 e. The Bertz CT molecular complexity index is 291. The summed E-state index contributed by atoms with van der Waals surface area (Å²) < 4.78 is 30.0. The van der Waals surface area contributed by atoms with Gasteiger partial charge in [-0.15, -0.1) is 4.40 Å². The molecule has 11 heavy (non-hydrogen) atoms. The van der Waals surface area contributed by atoms with E-state index in [0.29, 0.717) is 0 Å². The summed E-state index contributed by atoms with van der Waals surface area (Å²) >= 11 is 0. The molecular formula is C5H10N2O3S. The van der Waals surface area contributed by atoms with Crippen molar-refractivity contribution in [1.29, 1.82) is 0 Å². The first kappa shape index (κ1) is 8.32. The van der Waals surface area contributed by atoms with Gasteiger partial charge in [0.25, 0.3) is 16.0 Å². The van der Waals surface area contributed by atoms with Crippen LogP contribution in [0.2, 0.25) is 0 Å². The minimum Gasteiger partial charge on any atom is -0.458 e. The lowest BCUT2D eigenvalue weighted by atomic mass is 10.2. The van der Waals surface area contributed by atoms with Crippen molar-refractivity contribution in [2.24, 2.45) is 10.1 Å². The fourth-order valence-corrected chi connectivity index (χ4v) is 2.25. The highest BCUT2D eigenvalue weighted by Gasteiger charge is 2.33. The predicted molar refractivity (Wildman–Crippen MR) is 40.6 cm³/mol. The monoisotopic (exact) mass is 178 g/mol. The van der Waals surface area contributed by atoms with Crippen molar-refractivity contribution >= 4 is 16.0 Å². The first-order valence-corrected chi connectivity index (χ1v) is 4.69. The maximum absolute atomic E-state index is 10.9. The molecule has 2 N–H and O–H groups in total. The van der Waals surface area contributed by atoms with E-state index < -0.39 is 15.6 Å². The molecule has 64 valence electrons. The standard InChI is InChI=1S/C5H10N2O3S/c1-5(2)3-11(8,9)7-4(6)10-5/h3H2,1-2H3,(H2,6,7). The molecule has 6 heteroatoms. The summed E-state index contributed by atoms with van der Waals surface area (Å²) in [6.07, 6.45) is 0. The number of sulfonamides is 1. The number of nitrogens with two attached hydrogens (primary N) is 1. The molecule has 0 bridgehead atoms. The van der Waals surface area contributed by atoms with Gasteiger partial charge < -0.3 is 10.5 Å². The molecule has 0 saturated heterocycles. The van der Waals surface area contributed by atoms with Crippen LogP contribution in [0, 0.1) is 0 Å². The Kier molecular flexibility index (Phi) is 1.59. The van der Waals surface area contributed by atoms with E-state index in [1.54, 1.807) is 13.8 Å². The van der Waals surface area contributed by atoms with Gasteiger partial charge in [-0.1, -0.05) is 0 Å². The van der Waals surface area contributed by atoms with Crippen LogP contribution >= 0.6 is 0 Å². The molecule has 0 radical (unpaired) electrons. The Morgan fingerprint density at radius 3 is 2.55 bits per heavy atom. The maximum Gasteiger partial charge on any atom is 0.298 e. The van der Waals surface area contributed by atoms with Crippen LogP contribution in [-0.2, 0) is 14.8 Å². The van der Waals surface area contributed by atoms with Crippen molar-refractivity contribution in [3.8, 4) is 0 Å². The van der Waals surface area contributed by atoms with Gasteiger partial charge in [0.05, 0.1) is 0 Å². The van der Waals surface area contributed by atoms with Gasteiger partial charge in [0, 0.05) is 0 Å². The van der Waals surface area contributed by atoms with Crippen LogP contribution in [0.15, 0.2) is 4.40 Å². The molecule has 1 heterocycles. The van der Waals surface area contributed by atoms with E-state index in [1.165, 1.54) is 0 Å². The Morgan fingerprint density at radius 1 is 1.64 bits per heavy atom. The van der Waals surface area contributed by atoms with Gasteiger partial charge in [-0.3, -0.25) is 0 Å². The first-order chi connectivity index (χ1) is 4.81. The third-order valence-corrected chi connectivity index (χ3v) is 2.66. The highest BCUT2D eigenvalue weighted by Crippen LogP contribution is 2.17. The Labute approximate surface area is 65.3 Å². The number of hydrogen-bond donors (Lipinski definition) is 1. The highest BCUT2D eigenvalue weighted by atomic mass is 32.2. The quantitative estimate of drug-likeness (QED) is 0.539. The van der Waals surface area contributed by atoms with Crippen LogP contribution in [0.4, 0.5) is 0 Å². The second kappa shape index (κ2) is 2.10. The summed E-state index contributed by atoms with van der Waals surface area (Å²) in [5, 5.41) is 0.